The number of carbonyl (C=O) groups is 9. The van der Waals surface area contributed by atoms with Crippen molar-refractivity contribution in [3.63, 3.8) is 0 Å². The van der Waals surface area contributed by atoms with E-state index in [-0.39, 0.29) is 127 Å². The van der Waals surface area contributed by atoms with E-state index in [1.54, 1.807) is 34.0 Å². The summed E-state index contributed by atoms with van der Waals surface area (Å²) >= 11 is 4.76. The zero-order valence-electron chi connectivity index (χ0n) is 85.4. The molecule has 0 saturated carbocycles. The number of hydrogen-bond donors (Lipinski definition) is 11. The molecular formula is C101H157N13O25S3. The molecule has 6 aromatic rings. The van der Waals surface area contributed by atoms with E-state index in [9.17, 15) is 58.5 Å². The van der Waals surface area contributed by atoms with Gasteiger partial charge >= 0.3 is 5.97 Å². The van der Waals surface area contributed by atoms with E-state index in [0.29, 0.717) is 139 Å². The average molecular weight is 2050 g/mol. The number of amides is 8. The van der Waals surface area contributed by atoms with Crippen molar-refractivity contribution in [2.24, 2.45) is 27.7 Å². The van der Waals surface area contributed by atoms with E-state index in [0.717, 1.165) is 91.1 Å². The van der Waals surface area contributed by atoms with Gasteiger partial charge in [-0.05, 0) is 83.2 Å². The summed E-state index contributed by atoms with van der Waals surface area (Å²) in [6.07, 6.45) is 0.215. The number of thiazole rings is 3. The zero-order valence-corrected chi connectivity index (χ0v) is 87.8. The lowest BCUT2D eigenvalue weighted by Gasteiger charge is -2.35. The molecule has 0 unspecified atom stereocenters. The molecule has 41 heteroatoms. The fourth-order valence-electron chi connectivity index (χ4n) is 14.7. The van der Waals surface area contributed by atoms with Gasteiger partial charge < -0.3 is 130 Å². The van der Waals surface area contributed by atoms with E-state index < -0.39 is 88.6 Å². The minimum Gasteiger partial charge on any atom is -0.481 e. The van der Waals surface area contributed by atoms with Crippen LogP contribution in [0.4, 0.5) is 0 Å². The van der Waals surface area contributed by atoms with Crippen LogP contribution in [0.15, 0.2) is 89.3 Å². The molecule has 9 atom stereocenters. The van der Waals surface area contributed by atoms with Crippen LogP contribution < -0.4 is 38.1 Å². The summed E-state index contributed by atoms with van der Waals surface area (Å²) in [7, 11) is 0. The molecule has 0 aliphatic carbocycles. The van der Waals surface area contributed by atoms with Crippen LogP contribution in [0.5, 0.6) is 0 Å². The average Bonchev–Trinajstić information content (AvgIpc) is 1.71. The Morgan fingerprint density at radius 2 is 0.620 bits per heavy atom. The van der Waals surface area contributed by atoms with Crippen molar-refractivity contribution < 1.29 is 120 Å². The number of carbonyl (C=O) groups excluding carboxylic acids is 8. The van der Waals surface area contributed by atoms with Gasteiger partial charge in [0.1, 0.15) is 30.2 Å². The van der Waals surface area contributed by atoms with Gasteiger partial charge in [0.15, 0.2) is 0 Å². The number of likely N-dealkylation sites (tertiary alicyclic amines) is 3. The van der Waals surface area contributed by atoms with Crippen LogP contribution in [0.3, 0.4) is 0 Å². The Bertz CT molecular complexity index is 4450. The molecule has 8 amide bonds. The van der Waals surface area contributed by atoms with Crippen LogP contribution in [0.25, 0.3) is 31.3 Å². The lowest BCUT2D eigenvalue weighted by atomic mass is 9.85. The molecule has 38 nitrogen and oxygen atoms in total. The van der Waals surface area contributed by atoms with Crippen LogP contribution in [0.1, 0.15) is 161 Å². The first kappa shape index (κ1) is 122. The number of aliphatic hydroxyl groups excluding tert-OH is 3. The van der Waals surface area contributed by atoms with Gasteiger partial charge in [0.05, 0.1) is 224 Å². The van der Waals surface area contributed by atoms with Gasteiger partial charge in [-0.2, -0.15) is 0 Å². The molecule has 142 heavy (non-hydrogen) atoms. The number of benzene rings is 3. The standard InChI is InChI=1S/C34H52N4O8S.C33H51N5O8S.C22H30N4O3S.C12H24O6/c1-6-12-43-14-16-45-18-19-46-17-15-44-13-11-29(40)37-31(34(3,4)5)33(42)38-22-27(39)20-28(38)32(41)35-21-25-7-9-26(10-8-25)30-24(2)36-23-47-30;1-23-29(47-22-36-23)25-7-5-24(6-8-25)20-35-31(41)27-19-26(39)21-38(27)32(42)30(33(2,3)4)37-28(40)9-11-43-13-15-45-17-18-46-16-14-44-12-10-34;1-13-18(30-12-25-13)15-7-5-14(6-8-15)10-24-20(28)17-9-16(27)11-26(17)21(29)19(23)22(2,3)4;1-2-4-15-6-8-17-10-11-18-9-7-16-5-3-12(13)14/h7-10,23,27-28,31,39H,6,11-22H2,1-5H3,(H,35,41)(H,37,40);5-8,22,26-27,30,39H,9-21,34H2,1-4H3,(H,35,41)(H,37,40);5-8,12,16-17,19,27H,9-11,23H2,1-4H3,(H,24,28);2-11H2,1H3,(H,13,14)/t27-,28+,31-;26-,27+,30-;16-,17+,19-;/m111./s1. The van der Waals surface area contributed by atoms with Crippen LogP contribution in [-0.4, -0.2) is 343 Å². The summed E-state index contributed by atoms with van der Waals surface area (Å²) in [6, 6.07) is 18.8. The van der Waals surface area contributed by atoms with Crippen LogP contribution in [0, 0.1) is 37.0 Å². The number of β-amino-alcohol motifs (C(OH)–C–C–N with tert-alkyl or cyclic N) is 3. The number of aliphatic hydroxyl groups is 3. The van der Waals surface area contributed by atoms with Crippen molar-refractivity contribution in [1.82, 2.24) is 56.2 Å². The maximum absolute atomic E-state index is 13.8. The third-order valence-corrected chi connectivity index (χ3v) is 25.6. The first-order valence-corrected chi connectivity index (χ1v) is 51.5. The van der Waals surface area contributed by atoms with Crippen molar-refractivity contribution in [2.75, 3.05) is 185 Å². The number of carboxylic acid groups (broad SMARTS) is 1. The van der Waals surface area contributed by atoms with Gasteiger partial charge in [0, 0.05) is 91.1 Å². The minimum absolute atomic E-state index is 0.0124. The van der Waals surface area contributed by atoms with Gasteiger partial charge in [0.25, 0.3) is 0 Å². The Morgan fingerprint density at radius 3 is 0.852 bits per heavy atom. The second-order valence-electron chi connectivity index (χ2n) is 37.6. The third-order valence-electron chi connectivity index (χ3n) is 22.6. The number of rotatable bonds is 59. The van der Waals surface area contributed by atoms with Gasteiger partial charge in [-0.15, -0.1) is 34.0 Å². The van der Waals surface area contributed by atoms with E-state index >= 15 is 0 Å². The van der Waals surface area contributed by atoms with Crippen molar-refractivity contribution in [3.05, 3.63) is 123 Å². The summed E-state index contributed by atoms with van der Waals surface area (Å²) < 4.78 is 64.1. The number of aromatic nitrogens is 3. The molecule has 3 aliphatic rings. The van der Waals surface area contributed by atoms with Crippen LogP contribution >= 0.6 is 34.0 Å². The number of hydrogen-bond acceptors (Lipinski definition) is 32. The summed E-state index contributed by atoms with van der Waals surface area (Å²) in [4.78, 5) is 136. The lowest BCUT2D eigenvalue weighted by molar-refractivity contribution is -0.144. The normalized spacial score (nSPS) is 17.0. The van der Waals surface area contributed by atoms with Gasteiger partial charge in [-0.3, -0.25) is 43.2 Å². The Kier molecular flexibility index (Phi) is 56.8. The summed E-state index contributed by atoms with van der Waals surface area (Å²) in [5.74, 6) is -3.62. The van der Waals surface area contributed by atoms with Gasteiger partial charge in [-0.25, -0.2) is 15.0 Å². The van der Waals surface area contributed by atoms with E-state index in [4.69, 9.17) is 73.4 Å². The SMILES string of the molecule is CCCOCCOCCOCCOCCC(=O)N[C@H](C(=O)N1C[C@H](O)C[C@H]1C(=O)NCc1ccc(-c2scnc2C)cc1)C(C)(C)C.CCCOCCOCCOCCOCCC(=O)O.Cc1ncsc1-c1ccc(CNC(=O)[C@@H]2C[C@@H](O)CN2C(=O)[C@@H](N)C(C)(C)C)cc1.Cc1ncsc1-c1ccc(CNC(=O)[C@@H]2C[C@@H](O)CN2C(=O)[C@@H](NC(=O)CCOCCOCCOCCOCCN)C(C)(C)C)cc1. The van der Waals surface area contributed by atoms with E-state index in [2.05, 4.69) is 55.4 Å². The Morgan fingerprint density at radius 1 is 0.373 bits per heavy atom. The monoisotopic (exact) mass is 2050 g/mol. The largest absolute Gasteiger partial charge is 0.481 e. The predicted octanol–water partition coefficient (Wildman–Crippen LogP) is 7.74. The molecule has 3 aromatic heterocycles. The summed E-state index contributed by atoms with van der Waals surface area (Å²) in [5, 5.41) is 53.7. The number of aliphatic carboxylic acids is 1. The highest BCUT2D eigenvalue weighted by Gasteiger charge is 2.47. The molecule has 3 aromatic carbocycles. The minimum atomic E-state index is -0.901. The molecular weight excluding hydrogens is 1890 g/mol. The molecule has 0 bridgehead atoms. The molecule has 3 aliphatic heterocycles. The second kappa shape index (κ2) is 66.3. The Labute approximate surface area is 848 Å². The molecule has 0 spiro atoms. The predicted molar refractivity (Wildman–Crippen MR) is 542 cm³/mol. The van der Waals surface area contributed by atoms with Crippen LogP contribution in [-0.2, 0) is 120 Å². The quantitative estimate of drug-likeness (QED) is 0.0163. The number of nitrogens with zero attached hydrogens (tertiary/aromatic N) is 6. The van der Waals surface area contributed by atoms with Gasteiger partial charge in [0.2, 0.25) is 47.3 Å². The van der Waals surface area contributed by atoms with Crippen molar-refractivity contribution in [2.45, 2.75) is 222 Å². The zero-order chi connectivity index (χ0) is 104. The number of aryl methyl sites for hydroxylation is 3. The highest BCUT2D eigenvalue weighted by molar-refractivity contribution is 7.14. The number of nitrogens with one attached hydrogen (secondary N) is 5. The summed E-state index contributed by atoms with van der Waals surface area (Å²) in [5.41, 5.74) is 24.1. The number of ether oxygens (including phenoxy) is 12. The molecule has 0 radical (unpaired) electrons. The second-order valence-corrected chi connectivity index (χ2v) is 40.2. The highest BCUT2D eigenvalue weighted by Crippen LogP contribution is 2.34. The fraction of sp³-hybridized carbons (Fsp3) is 0.644. The molecule has 794 valence electrons. The maximum Gasteiger partial charge on any atom is 0.305 e. The molecule has 13 N–H and O–H groups in total. The summed E-state index contributed by atoms with van der Waals surface area (Å²) in [6.45, 7) is 39.2. The van der Waals surface area contributed by atoms with Crippen molar-refractivity contribution in [1.29, 1.82) is 0 Å². The Hall–Kier alpha value is -8.90. The first-order chi connectivity index (χ1) is 67.9. The smallest absolute Gasteiger partial charge is 0.305 e. The van der Waals surface area contributed by atoms with Gasteiger partial charge in [-0.1, -0.05) is 149 Å². The van der Waals surface area contributed by atoms with E-state index in [1.807, 2.05) is 172 Å². The van der Waals surface area contributed by atoms with Crippen LogP contribution in [0.2, 0.25) is 0 Å². The topological polar surface area (TPSA) is 506 Å². The maximum atomic E-state index is 13.8. The number of carboxylic acids is 1. The molecule has 6 heterocycles. The highest BCUT2D eigenvalue weighted by atomic mass is 32.1. The molecule has 3 saturated heterocycles. The van der Waals surface area contributed by atoms with E-state index in [1.165, 1.54) is 14.7 Å². The van der Waals surface area contributed by atoms with Crippen molar-refractivity contribution >= 4 is 87.2 Å². The molecule has 9 rings (SSSR count). The van der Waals surface area contributed by atoms with Crippen molar-refractivity contribution in [3.8, 4) is 31.3 Å². The first-order valence-electron chi connectivity index (χ1n) is 48.8. The molecule has 3 fully saturated rings. The fourth-order valence-corrected chi connectivity index (χ4v) is 17.1. The Balaban J connectivity index is 0.000000305. The third kappa shape index (κ3) is 45.4. The lowest BCUT2D eigenvalue weighted by Crippen LogP contribution is -2.57. The number of nitrogens with two attached hydrogens (primary N) is 2.